The molecule has 0 radical (unpaired) electrons. The molecule has 2 amide bonds. The number of nitrogens with zero attached hydrogens (tertiary/aromatic N) is 2. The van der Waals surface area contributed by atoms with Crippen molar-refractivity contribution in [1.29, 1.82) is 0 Å². The van der Waals surface area contributed by atoms with Gasteiger partial charge in [0.25, 0.3) is 5.91 Å². The number of aromatic nitrogens is 2. The van der Waals surface area contributed by atoms with E-state index in [1.165, 1.54) is 0 Å². The fraction of sp³-hybridized carbons (Fsp3) is 0.167. The van der Waals surface area contributed by atoms with E-state index in [4.69, 9.17) is 4.42 Å². The molecule has 3 aromatic rings. The van der Waals surface area contributed by atoms with Crippen LogP contribution in [0.4, 0.5) is 0 Å². The lowest BCUT2D eigenvalue weighted by molar-refractivity contribution is -0.121. The topological polar surface area (TPSA) is 89.2 Å². The summed E-state index contributed by atoms with van der Waals surface area (Å²) < 4.78 is 8.09. The normalized spacial score (nSPS) is 10.5. The highest BCUT2D eigenvalue weighted by Gasteiger charge is 2.13. The van der Waals surface area contributed by atoms with E-state index in [2.05, 4.69) is 31.8 Å². The third-order valence-corrected chi connectivity index (χ3v) is 4.13. The van der Waals surface area contributed by atoms with Crippen LogP contribution in [-0.2, 0) is 18.3 Å². The molecular formula is C18H17BrN4O3. The largest absolute Gasteiger partial charge is 0.441 e. The molecule has 7 nitrogen and oxygen atoms in total. The first-order valence-electron chi connectivity index (χ1n) is 7.94. The minimum atomic E-state index is -0.394. The summed E-state index contributed by atoms with van der Waals surface area (Å²) in [4.78, 5) is 28.1. The summed E-state index contributed by atoms with van der Waals surface area (Å²) in [5.74, 6) is 0.403. The molecule has 134 valence electrons. The average Bonchev–Trinajstić information content (AvgIpc) is 3.25. The zero-order chi connectivity index (χ0) is 18.5. The number of hydrogen-bond donors (Lipinski definition) is 2. The van der Waals surface area contributed by atoms with Gasteiger partial charge in [0.2, 0.25) is 5.91 Å². The maximum atomic E-state index is 12.0. The molecular weight excluding hydrogens is 400 g/mol. The van der Waals surface area contributed by atoms with Crippen LogP contribution in [0.3, 0.4) is 0 Å². The van der Waals surface area contributed by atoms with Gasteiger partial charge in [-0.3, -0.25) is 20.4 Å². The van der Waals surface area contributed by atoms with Gasteiger partial charge in [0.1, 0.15) is 5.69 Å². The molecule has 0 aliphatic heterocycles. The SMILES string of the molecule is Cn1cc(Br)cc1C(=O)NNC(=O)CCc1ncc(-c2ccccc2)o1. The summed E-state index contributed by atoms with van der Waals surface area (Å²) in [5, 5.41) is 0. The second-order valence-corrected chi connectivity index (χ2v) is 6.56. The van der Waals surface area contributed by atoms with Gasteiger partial charge in [0.05, 0.1) is 6.20 Å². The van der Waals surface area contributed by atoms with Crippen molar-refractivity contribution in [2.75, 3.05) is 0 Å². The third kappa shape index (κ3) is 4.40. The maximum Gasteiger partial charge on any atom is 0.286 e. The molecule has 0 spiro atoms. The van der Waals surface area contributed by atoms with Crippen LogP contribution in [0, 0.1) is 0 Å². The van der Waals surface area contributed by atoms with E-state index in [9.17, 15) is 9.59 Å². The predicted molar refractivity (Wildman–Crippen MR) is 99.0 cm³/mol. The highest BCUT2D eigenvalue weighted by Crippen LogP contribution is 2.20. The molecule has 0 aliphatic carbocycles. The maximum absolute atomic E-state index is 12.0. The van der Waals surface area contributed by atoms with Crippen molar-refractivity contribution < 1.29 is 14.0 Å². The Bertz CT molecular complexity index is 918. The van der Waals surface area contributed by atoms with Gasteiger partial charge < -0.3 is 8.98 Å². The first kappa shape index (κ1) is 17.9. The smallest absolute Gasteiger partial charge is 0.286 e. The summed E-state index contributed by atoms with van der Waals surface area (Å²) in [6.07, 6.45) is 3.87. The van der Waals surface area contributed by atoms with E-state index in [0.29, 0.717) is 23.8 Å². The molecule has 3 rings (SSSR count). The van der Waals surface area contributed by atoms with E-state index in [-0.39, 0.29) is 12.3 Å². The fourth-order valence-electron chi connectivity index (χ4n) is 2.39. The zero-order valence-corrected chi connectivity index (χ0v) is 15.6. The molecule has 26 heavy (non-hydrogen) atoms. The van der Waals surface area contributed by atoms with Crippen LogP contribution in [0.25, 0.3) is 11.3 Å². The van der Waals surface area contributed by atoms with Crippen LogP contribution in [0.1, 0.15) is 22.8 Å². The van der Waals surface area contributed by atoms with Gasteiger partial charge in [0.15, 0.2) is 11.7 Å². The van der Waals surface area contributed by atoms with Gasteiger partial charge in [-0.25, -0.2) is 4.98 Å². The molecule has 0 bridgehead atoms. The van der Waals surface area contributed by atoms with E-state index < -0.39 is 5.91 Å². The Morgan fingerprint density at radius 3 is 2.69 bits per heavy atom. The summed E-state index contributed by atoms with van der Waals surface area (Å²) in [6.45, 7) is 0. The van der Waals surface area contributed by atoms with E-state index in [0.717, 1.165) is 10.0 Å². The molecule has 0 saturated heterocycles. The monoisotopic (exact) mass is 416 g/mol. The van der Waals surface area contributed by atoms with Crippen molar-refractivity contribution in [2.24, 2.45) is 7.05 Å². The van der Waals surface area contributed by atoms with E-state index in [1.807, 2.05) is 30.3 Å². The number of amides is 2. The number of oxazole rings is 1. The molecule has 2 N–H and O–H groups in total. The lowest BCUT2D eigenvalue weighted by atomic mass is 10.2. The van der Waals surface area contributed by atoms with Gasteiger partial charge in [-0.05, 0) is 22.0 Å². The number of hydrazine groups is 1. The third-order valence-electron chi connectivity index (χ3n) is 3.70. The Labute approximate surface area is 158 Å². The number of halogens is 1. The lowest BCUT2D eigenvalue weighted by Crippen LogP contribution is -2.42. The van der Waals surface area contributed by atoms with Crippen molar-refractivity contribution in [2.45, 2.75) is 12.8 Å². The second kappa shape index (κ2) is 8.01. The number of rotatable bonds is 5. The summed E-state index contributed by atoms with van der Waals surface area (Å²) in [7, 11) is 1.74. The first-order valence-corrected chi connectivity index (χ1v) is 8.73. The Morgan fingerprint density at radius 1 is 1.23 bits per heavy atom. The Kier molecular flexibility index (Phi) is 5.52. The lowest BCUT2D eigenvalue weighted by Gasteiger charge is -2.07. The van der Waals surface area contributed by atoms with Crippen LogP contribution in [0.2, 0.25) is 0 Å². The van der Waals surface area contributed by atoms with Crippen molar-refractivity contribution in [1.82, 2.24) is 20.4 Å². The quantitative estimate of drug-likeness (QED) is 0.625. The van der Waals surface area contributed by atoms with E-state index in [1.54, 1.807) is 30.1 Å². The minimum absolute atomic E-state index is 0.145. The van der Waals surface area contributed by atoms with Crippen LogP contribution in [0.15, 0.2) is 57.7 Å². The molecule has 0 fully saturated rings. The molecule has 0 atom stereocenters. The number of benzene rings is 1. The predicted octanol–water partition coefficient (Wildman–Crippen LogP) is 2.84. The molecule has 0 saturated carbocycles. The highest BCUT2D eigenvalue weighted by atomic mass is 79.9. The average molecular weight is 417 g/mol. The Morgan fingerprint density at radius 2 is 2.00 bits per heavy atom. The van der Waals surface area contributed by atoms with Gasteiger partial charge in [-0.15, -0.1) is 0 Å². The van der Waals surface area contributed by atoms with Gasteiger partial charge >= 0.3 is 0 Å². The van der Waals surface area contributed by atoms with Gasteiger partial charge in [-0.2, -0.15) is 0 Å². The van der Waals surface area contributed by atoms with Crippen molar-refractivity contribution in [3.63, 3.8) is 0 Å². The zero-order valence-electron chi connectivity index (χ0n) is 14.0. The Balaban J connectivity index is 1.48. The van der Waals surface area contributed by atoms with Crippen molar-refractivity contribution in [3.05, 3.63) is 64.8 Å². The standard InChI is InChI=1S/C18H17BrN4O3/c1-23-11-13(19)9-14(23)18(25)22-21-16(24)7-8-17-20-10-15(26-17)12-5-3-2-4-6-12/h2-6,9-11H,7-8H2,1H3,(H,21,24)(H,22,25). The second-order valence-electron chi connectivity index (χ2n) is 5.64. The molecule has 8 heteroatoms. The van der Waals surface area contributed by atoms with E-state index >= 15 is 0 Å². The van der Waals surface area contributed by atoms with Crippen LogP contribution in [0.5, 0.6) is 0 Å². The number of nitrogens with one attached hydrogen (secondary N) is 2. The molecule has 0 unspecified atom stereocenters. The number of carbonyl (C=O) groups is 2. The van der Waals surface area contributed by atoms with Crippen molar-refractivity contribution in [3.8, 4) is 11.3 Å². The van der Waals surface area contributed by atoms with Crippen LogP contribution in [-0.4, -0.2) is 21.4 Å². The first-order chi connectivity index (χ1) is 12.5. The summed E-state index contributed by atoms with van der Waals surface area (Å²) >= 11 is 3.30. The number of carbonyl (C=O) groups excluding carboxylic acids is 2. The van der Waals surface area contributed by atoms with Crippen LogP contribution >= 0.6 is 15.9 Å². The van der Waals surface area contributed by atoms with Crippen molar-refractivity contribution >= 4 is 27.7 Å². The number of hydrogen-bond acceptors (Lipinski definition) is 4. The van der Waals surface area contributed by atoms with Gasteiger partial charge in [-0.1, -0.05) is 30.3 Å². The fourth-order valence-corrected chi connectivity index (χ4v) is 2.91. The van der Waals surface area contributed by atoms with Crippen LogP contribution < -0.4 is 10.9 Å². The number of aryl methyl sites for hydroxylation is 2. The molecule has 0 aliphatic rings. The minimum Gasteiger partial charge on any atom is -0.441 e. The molecule has 2 aromatic heterocycles. The molecule has 2 heterocycles. The summed E-state index contributed by atoms with van der Waals surface area (Å²) in [5.41, 5.74) is 6.13. The summed E-state index contributed by atoms with van der Waals surface area (Å²) in [6, 6.07) is 11.3. The van der Waals surface area contributed by atoms with Gasteiger partial charge in [0, 0.05) is 36.1 Å². The Hall–Kier alpha value is -2.87. The highest BCUT2D eigenvalue weighted by molar-refractivity contribution is 9.10. The molecule has 1 aromatic carbocycles.